The summed E-state index contributed by atoms with van der Waals surface area (Å²) in [5, 5.41) is 23.8. The Bertz CT molecular complexity index is 1280. The summed E-state index contributed by atoms with van der Waals surface area (Å²) in [6.07, 6.45) is 4.05. The van der Waals surface area contributed by atoms with Gasteiger partial charge in [-0.15, -0.1) is 0 Å². The van der Waals surface area contributed by atoms with Crippen molar-refractivity contribution < 1.29 is 29.0 Å². The smallest absolute Gasteiger partial charge is 0.282 e. The Balaban J connectivity index is 1.75. The molecule has 0 aromatic heterocycles. The number of hydrogen-bond donors (Lipinski definition) is 0. The van der Waals surface area contributed by atoms with Crippen molar-refractivity contribution in [2.75, 3.05) is 6.54 Å². The van der Waals surface area contributed by atoms with E-state index < -0.39 is 63.0 Å². The fourth-order valence-corrected chi connectivity index (χ4v) is 4.23. The van der Waals surface area contributed by atoms with Crippen LogP contribution >= 0.6 is 0 Å². The van der Waals surface area contributed by atoms with E-state index >= 15 is 0 Å². The molecule has 178 valence electrons. The Morgan fingerprint density at radius 1 is 0.914 bits per heavy atom. The van der Waals surface area contributed by atoms with E-state index in [-0.39, 0.29) is 24.1 Å². The fraction of sp³-hybridized carbons (Fsp3) is 0.217. The monoisotopic (exact) mass is 478 g/mol. The lowest BCUT2D eigenvalue weighted by molar-refractivity contribution is -0.385. The average molecular weight is 478 g/mol. The summed E-state index contributed by atoms with van der Waals surface area (Å²) in [6, 6.07) is 9.73. The van der Waals surface area contributed by atoms with E-state index in [9.17, 15) is 39.4 Å². The number of benzene rings is 2. The van der Waals surface area contributed by atoms with E-state index in [2.05, 4.69) is 0 Å². The largest absolute Gasteiger partial charge is 0.292 e. The van der Waals surface area contributed by atoms with E-state index in [1.807, 2.05) is 0 Å². The van der Waals surface area contributed by atoms with Crippen molar-refractivity contribution in [3.63, 3.8) is 0 Å². The molecule has 2 atom stereocenters. The Hall–Kier alpha value is -4.74. The van der Waals surface area contributed by atoms with Crippen molar-refractivity contribution in [2.45, 2.75) is 12.8 Å². The van der Waals surface area contributed by atoms with Gasteiger partial charge in [0.15, 0.2) is 5.78 Å². The van der Waals surface area contributed by atoms with E-state index in [1.54, 1.807) is 12.2 Å². The van der Waals surface area contributed by atoms with Crippen LogP contribution in [0.4, 0.5) is 11.4 Å². The highest BCUT2D eigenvalue weighted by atomic mass is 16.6. The average Bonchev–Trinajstić information content (AvgIpc) is 3.12. The Morgan fingerprint density at radius 2 is 1.54 bits per heavy atom. The van der Waals surface area contributed by atoms with Gasteiger partial charge in [-0.3, -0.25) is 39.4 Å². The number of fused-ring (bicyclic) bond motifs is 1. The van der Waals surface area contributed by atoms with Gasteiger partial charge in [-0.25, -0.2) is 5.01 Å². The molecule has 0 radical (unpaired) electrons. The number of nitro groups is 2. The maximum Gasteiger partial charge on any atom is 0.282 e. The zero-order valence-electron chi connectivity index (χ0n) is 18.1. The molecule has 0 saturated carbocycles. The SMILES string of the molecule is O=C(CN(C(=O)c1ccccc1[N+](=O)[O-])N1C(=O)[C@@H]2CC=CC[C@H]2C1=O)c1cccc([N+](=O)[O-])c1. The number of nitrogens with zero attached hydrogens (tertiary/aromatic N) is 4. The number of hydrogen-bond acceptors (Lipinski definition) is 8. The number of imide groups is 1. The van der Waals surface area contributed by atoms with Crippen LogP contribution in [-0.2, 0) is 9.59 Å². The van der Waals surface area contributed by atoms with Crippen molar-refractivity contribution in [3.8, 4) is 0 Å². The number of nitro benzene ring substituents is 2. The molecule has 0 bridgehead atoms. The molecule has 3 amide bonds. The van der Waals surface area contributed by atoms with Gasteiger partial charge >= 0.3 is 0 Å². The first-order valence-electron chi connectivity index (χ1n) is 10.6. The Kier molecular flexibility index (Phi) is 6.19. The van der Waals surface area contributed by atoms with Crippen LogP contribution in [0.5, 0.6) is 0 Å². The number of Topliss-reactive ketones (excluding diaryl/α,β-unsaturated/α-hetero) is 1. The lowest BCUT2D eigenvalue weighted by Gasteiger charge is -2.30. The van der Waals surface area contributed by atoms with Crippen molar-refractivity contribution in [3.05, 3.63) is 92.0 Å². The zero-order chi connectivity index (χ0) is 25.3. The molecular weight excluding hydrogens is 460 g/mol. The molecule has 35 heavy (non-hydrogen) atoms. The van der Waals surface area contributed by atoms with E-state index in [4.69, 9.17) is 0 Å². The van der Waals surface area contributed by atoms with Gasteiger partial charge in [0, 0.05) is 23.8 Å². The fourth-order valence-electron chi connectivity index (χ4n) is 4.23. The molecule has 1 saturated heterocycles. The molecule has 12 heteroatoms. The van der Waals surface area contributed by atoms with Gasteiger partial charge in [0.05, 0.1) is 21.7 Å². The molecule has 0 unspecified atom stereocenters. The summed E-state index contributed by atoms with van der Waals surface area (Å²) in [5.41, 5.74) is -1.48. The van der Waals surface area contributed by atoms with Crippen LogP contribution in [0.3, 0.4) is 0 Å². The van der Waals surface area contributed by atoms with E-state index in [0.29, 0.717) is 10.0 Å². The Labute approximate surface area is 197 Å². The van der Waals surface area contributed by atoms with Gasteiger partial charge in [-0.05, 0) is 18.9 Å². The lowest BCUT2D eigenvalue weighted by Crippen LogP contribution is -2.52. The summed E-state index contributed by atoms with van der Waals surface area (Å²) in [4.78, 5) is 74.0. The van der Waals surface area contributed by atoms with Gasteiger partial charge in [0.25, 0.3) is 29.1 Å². The van der Waals surface area contributed by atoms with Gasteiger partial charge in [-0.1, -0.05) is 36.4 Å². The second kappa shape index (κ2) is 9.25. The number of ketones is 1. The number of hydrazine groups is 1. The number of amides is 3. The number of rotatable bonds is 7. The molecule has 1 fully saturated rings. The van der Waals surface area contributed by atoms with E-state index in [0.717, 1.165) is 18.2 Å². The van der Waals surface area contributed by atoms with Crippen molar-refractivity contribution >= 4 is 34.9 Å². The summed E-state index contributed by atoms with van der Waals surface area (Å²) < 4.78 is 0. The molecule has 2 aliphatic rings. The summed E-state index contributed by atoms with van der Waals surface area (Å²) in [7, 11) is 0. The Morgan fingerprint density at radius 3 is 2.14 bits per heavy atom. The molecular formula is C23H18N4O8. The minimum atomic E-state index is -1.09. The maximum atomic E-state index is 13.5. The quantitative estimate of drug-likeness (QED) is 0.193. The summed E-state index contributed by atoms with van der Waals surface area (Å²) in [5.74, 6) is -4.71. The van der Waals surface area contributed by atoms with Crippen LogP contribution in [-0.4, -0.2) is 49.9 Å². The van der Waals surface area contributed by atoms with Crippen LogP contribution < -0.4 is 0 Å². The normalized spacial score (nSPS) is 18.8. The summed E-state index contributed by atoms with van der Waals surface area (Å²) in [6.45, 7) is -0.837. The van der Waals surface area contributed by atoms with Crippen molar-refractivity contribution in [2.24, 2.45) is 11.8 Å². The number of para-hydroxylation sites is 1. The second-order valence-corrected chi connectivity index (χ2v) is 8.01. The van der Waals surface area contributed by atoms with Gasteiger partial charge in [-0.2, -0.15) is 5.01 Å². The first-order valence-corrected chi connectivity index (χ1v) is 10.6. The molecule has 2 aromatic rings. The third-order valence-electron chi connectivity index (χ3n) is 5.96. The first-order chi connectivity index (χ1) is 16.7. The van der Waals surface area contributed by atoms with Crippen LogP contribution in [0.1, 0.15) is 33.6 Å². The molecule has 0 spiro atoms. The minimum absolute atomic E-state index is 0.127. The maximum absolute atomic E-state index is 13.5. The molecule has 12 nitrogen and oxygen atoms in total. The molecule has 1 aliphatic heterocycles. The van der Waals surface area contributed by atoms with Gasteiger partial charge in [0.2, 0.25) is 0 Å². The predicted octanol–water partition coefficient (Wildman–Crippen LogP) is 2.69. The first kappa shape index (κ1) is 23.4. The zero-order valence-corrected chi connectivity index (χ0v) is 18.1. The third kappa shape index (κ3) is 4.28. The van der Waals surface area contributed by atoms with E-state index in [1.165, 1.54) is 30.3 Å². The molecule has 2 aromatic carbocycles. The van der Waals surface area contributed by atoms with Crippen LogP contribution in [0.15, 0.2) is 60.7 Å². The van der Waals surface area contributed by atoms with Crippen LogP contribution in [0.25, 0.3) is 0 Å². The molecule has 1 heterocycles. The number of allylic oxidation sites excluding steroid dienone is 2. The minimum Gasteiger partial charge on any atom is -0.292 e. The number of non-ortho nitro benzene ring substituents is 1. The lowest BCUT2D eigenvalue weighted by atomic mass is 9.85. The predicted molar refractivity (Wildman–Crippen MR) is 119 cm³/mol. The third-order valence-corrected chi connectivity index (χ3v) is 5.96. The standard InChI is InChI=1S/C23H18N4O8/c28-20(14-6-5-7-15(12-14)26(32)33)13-24(21(29)18-10-3-4-11-19(18)27(34)35)25-22(30)16-8-1-2-9-17(16)23(25)31/h1-7,10-12,16-17H,8-9,13H2/t16-,17-/m1/s1. The summed E-state index contributed by atoms with van der Waals surface area (Å²) >= 11 is 0. The number of carbonyl (C=O) groups excluding carboxylic acids is 4. The van der Waals surface area contributed by atoms with Crippen LogP contribution in [0, 0.1) is 32.1 Å². The number of carbonyl (C=O) groups is 4. The highest BCUT2D eigenvalue weighted by Crippen LogP contribution is 2.36. The van der Waals surface area contributed by atoms with Gasteiger partial charge in [0.1, 0.15) is 12.1 Å². The topological polar surface area (TPSA) is 161 Å². The highest BCUT2D eigenvalue weighted by Gasteiger charge is 2.51. The second-order valence-electron chi connectivity index (χ2n) is 8.01. The highest BCUT2D eigenvalue weighted by molar-refractivity contribution is 6.10. The molecule has 1 aliphatic carbocycles. The molecule has 4 rings (SSSR count). The van der Waals surface area contributed by atoms with Crippen LogP contribution in [0.2, 0.25) is 0 Å². The van der Waals surface area contributed by atoms with Crippen molar-refractivity contribution in [1.29, 1.82) is 0 Å². The van der Waals surface area contributed by atoms with Gasteiger partial charge < -0.3 is 0 Å². The van der Waals surface area contributed by atoms with Crippen molar-refractivity contribution in [1.82, 2.24) is 10.0 Å². The molecule has 0 N–H and O–H groups in total.